The maximum Gasteiger partial charge on any atom is 0.140 e. The Kier molecular flexibility index (Phi) is 11.7. The molecule has 1 N–H and O–H groups in total. The third kappa shape index (κ3) is 7.51. The van der Waals surface area contributed by atoms with Crippen LogP contribution in [0.15, 0.2) is 57.2 Å². The Balaban J connectivity index is 2.68. The number of ether oxygens (including phenoxy) is 1. The maximum atomic E-state index is 5.85. The van der Waals surface area contributed by atoms with E-state index in [2.05, 4.69) is 82.2 Å². The Hall–Kier alpha value is -2.46. The molecule has 0 unspecified atom stereocenters. The molecule has 0 amide bonds. The largest absolute Gasteiger partial charge is 0.495 e. The van der Waals surface area contributed by atoms with E-state index >= 15 is 0 Å². The van der Waals surface area contributed by atoms with Gasteiger partial charge in [-0.05, 0) is 111 Å². The number of nitrogens with zero attached hydrogens (tertiary/aromatic N) is 2. The van der Waals surface area contributed by atoms with E-state index in [9.17, 15) is 0 Å². The van der Waals surface area contributed by atoms with Gasteiger partial charge >= 0.3 is 0 Å². The fraction of sp³-hybridized carbons (Fsp3) is 0.548. The first-order valence-electron chi connectivity index (χ1n) is 13.3. The van der Waals surface area contributed by atoms with Crippen molar-refractivity contribution in [2.24, 2.45) is 15.9 Å². The monoisotopic (exact) mass is 477 g/mol. The van der Waals surface area contributed by atoms with Crippen LogP contribution < -0.4 is 5.32 Å². The van der Waals surface area contributed by atoms with Gasteiger partial charge in [-0.2, -0.15) is 0 Å². The van der Waals surface area contributed by atoms with Crippen LogP contribution in [-0.4, -0.2) is 38.8 Å². The van der Waals surface area contributed by atoms with Crippen LogP contribution in [0.2, 0.25) is 0 Å². The van der Waals surface area contributed by atoms with Crippen molar-refractivity contribution in [1.82, 2.24) is 5.32 Å². The third-order valence-corrected chi connectivity index (χ3v) is 7.02. The topological polar surface area (TPSA) is 46.0 Å². The molecule has 0 bridgehead atoms. The first-order chi connectivity index (χ1) is 16.8. The fourth-order valence-electron chi connectivity index (χ4n) is 5.01. The zero-order chi connectivity index (χ0) is 26.0. The normalized spacial score (nSPS) is 17.7. The summed E-state index contributed by atoms with van der Waals surface area (Å²) in [5.74, 6) is 2.60. The van der Waals surface area contributed by atoms with Crippen molar-refractivity contribution in [1.29, 1.82) is 0 Å². The van der Waals surface area contributed by atoms with Gasteiger partial charge in [0.2, 0.25) is 0 Å². The second-order valence-electron chi connectivity index (χ2n) is 9.64. The predicted octanol–water partition coefficient (Wildman–Crippen LogP) is 7.66. The van der Waals surface area contributed by atoms with Crippen LogP contribution in [0.25, 0.3) is 5.57 Å². The summed E-state index contributed by atoms with van der Waals surface area (Å²) in [5.41, 5.74) is 9.13. The lowest BCUT2D eigenvalue weighted by atomic mass is 9.81. The number of benzene rings is 1. The fourth-order valence-corrected chi connectivity index (χ4v) is 5.01. The smallest absolute Gasteiger partial charge is 0.140 e. The Morgan fingerprint density at radius 2 is 1.86 bits per heavy atom. The van der Waals surface area contributed by atoms with Crippen LogP contribution in [0.4, 0.5) is 0 Å². The number of nitrogens with one attached hydrogen (secondary N) is 1. The van der Waals surface area contributed by atoms with E-state index < -0.39 is 0 Å². The molecule has 1 aliphatic rings. The molecule has 1 aromatic rings. The van der Waals surface area contributed by atoms with E-state index in [1.807, 2.05) is 6.92 Å². The highest BCUT2D eigenvalue weighted by atomic mass is 16.5. The number of methoxy groups -OCH3 is 1. The zero-order valence-electron chi connectivity index (χ0n) is 23.6. The lowest BCUT2D eigenvalue weighted by Gasteiger charge is -2.26. The van der Waals surface area contributed by atoms with Crippen molar-refractivity contribution < 1.29 is 4.74 Å². The number of aryl methyl sites for hydroxylation is 1. The summed E-state index contributed by atoms with van der Waals surface area (Å²) in [6, 6.07) is 7.15. The maximum absolute atomic E-state index is 5.85. The number of amidine groups is 1. The Bertz CT molecular complexity index is 1000. The van der Waals surface area contributed by atoms with E-state index in [0.29, 0.717) is 11.8 Å². The van der Waals surface area contributed by atoms with E-state index in [0.717, 1.165) is 43.2 Å². The standard InChI is InChI=1S/C31H47N3O/c1-10-24(20-30(35-9)29(12-3)34-23(7)32-8)27(11-2)31(21(4)5)28-19-26(14-13-22(28)6)25-15-17-33-18-16-25/h10,13-14,19-21,25,33H,11-12,15-18H2,1-9H3/b24-10+,30-20+,31-27+,32-23?,34-29?. The van der Waals surface area contributed by atoms with Crippen molar-refractivity contribution >= 4 is 17.1 Å². The molecule has 1 aromatic carbocycles. The number of allylic oxidation sites excluding steroid dienone is 6. The van der Waals surface area contributed by atoms with Crippen LogP contribution in [0, 0.1) is 12.8 Å². The van der Waals surface area contributed by atoms with Crippen LogP contribution in [0.3, 0.4) is 0 Å². The zero-order valence-corrected chi connectivity index (χ0v) is 23.6. The minimum atomic E-state index is 0.398. The van der Waals surface area contributed by atoms with Gasteiger partial charge in [0.05, 0.1) is 12.8 Å². The number of aliphatic imine (C=N–C) groups is 2. The van der Waals surface area contributed by atoms with Crippen molar-refractivity contribution in [2.45, 2.75) is 80.1 Å². The SMILES string of the molecule is C/C=C(\C=C(\OC)C(CC)=NC(C)=NC)C(/CC)=C(/c1cc(C2CCNCC2)ccc1C)C(C)C. The van der Waals surface area contributed by atoms with Crippen LogP contribution in [0.1, 0.15) is 89.8 Å². The van der Waals surface area contributed by atoms with Crippen LogP contribution in [0.5, 0.6) is 0 Å². The second kappa shape index (κ2) is 14.2. The van der Waals surface area contributed by atoms with E-state index in [1.54, 1.807) is 14.2 Å². The summed E-state index contributed by atoms with van der Waals surface area (Å²) < 4.78 is 5.85. The highest BCUT2D eigenvalue weighted by Gasteiger charge is 2.21. The highest BCUT2D eigenvalue weighted by molar-refractivity contribution is 6.05. The molecule has 4 heteroatoms. The molecule has 0 atom stereocenters. The second-order valence-corrected chi connectivity index (χ2v) is 9.64. The molecular weight excluding hydrogens is 430 g/mol. The van der Waals surface area contributed by atoms with Crippen molar-refractivity contribution in [3.8, 4) is 0 Å². The molecule has 0 radical (unpaired) electrons. The Morgan fingerprint density at radius 1 is 1.17 bits per heavy atom. The summed E-state index contributed by atoms with van der Waals surface area (Å²) in [6.45, 7) is 17.5. The van der Waals surface area contributed by atoms with Crippen molar-refractivity contribution in [3.63, 3.8) is 0 Å². The minimum absolute atomic E-state index is 0.398. The molecule has 1 aliphatic heterocycles. The van der Waals surface area contributed by atoms with Gasteiger partial charge in [0.15, 0.2) is 0 Å². The van der Waals surface area contributed by atoms with Gasteiger partial charge in [-0.3, -0.25) is 4.99 Å². The first-order valence-corrected chi connectivity index (χ1v) is 13.3. The van der Waals surface area contributed by atoms with Crippen molar-refractivity contribution in [3.05, 3.63) is 63.9 Å². The number of hydrogen-bond donors (Lipinski definition) is 1. The molecule has 0 spiro atoms. The molecule has 0 saturated carbocycles. The molecule has 35 heavy (non-hydrogen) atoms. The number of hydrogen-bond acceptors (Lipinski definition) is 3. The number of rotatable bonds is 9. The van der Waals surface area contributed by atoms with Crippen LogP contribution >= 0.6 is 0 Å². The molecule has 0 aromatic heterocycles. The molecule has 1 heterocycles. The van der Waals surface area contributed by atoms with Gasteiger partial charge < -0.3 is 10.1 Å². The Morgan fingerprint density at radius 3 is 2.37 bits per heavy atom. The molecule has 192 valence electrons. The summed E-state index contributed by atoms with van der Waals surface area (Å²) in [4.78, 5) is 8.91. The molecule has 1 saturated heterocycles. The summed E-state index contributed by atoms with van der Waals surface area (Å²) >= 11 is 0. The van der Waals surface area contributed by atoms with Crippen LogP contribution in [-0.2, 0) is 4.74 Å². The van der Waals surface area contributed by atoms with E-state index in [1.165, 1.54) is 46.3 Å². The summed E-state index contributed by atoms with van der Waals surface area (Å²) in [6.07, 6.45) is 8.53. The average Bonchev–Trinajstić information content (AvgIpc) is 2.88. The van der Waals surface area contributed by atoms with E-state index in [-0.39, 0.29) is 0 Å². The predicted molar refractivity (Wildman–Crippen MR) is 154 cm³/mol. The molecule has 1 fully saturated rings. The highest BCUT2D eigenvalue weighted by Crippen LogP contribution is 2.37. The summed E-state index contributed by atoms with van der Waals surface area (Å²) in [5, 5.41) is 3.50. The van der Waals surface area contributed by atoms with Gasteiger partial charge in [-0.1, -0.05) is 52.0 Å². The summed E-state index contributed by atoms with van der Waals surface area (Å²) in [7, 11) is 3.50. The quantitative estimate of drug-likeness (QED) is 0.172. The minimum Gasteiger partial charge on any atom is -0.495 e. The lowest BCUT2D eigenvalue weighted by Crippen LogP contribution is -2.26. The third-order valence-electron chi connectivity index (χ3n) is 7.02. The van der Waals surface area contributed by atoms with Gasteiger partial charge in [-0.15, -0.1) is 0 Å². The first kappa shape index (κ1) is 28.8. The van der Waals surface area contributed by atoms with Gasteiger partial charge in [0.1, 0.15) is 11.6 Å². The van der Waals surface area contributed by atoms with Gasteiger partial charge in [0.25, 0.3) is 0 Å². The molecular formula is C31H47N3O. The molecule has 0 aliphatic carbocycles. The Labute approximate surface area is 214 Å². The molecule has 2 rings (SSSR count). The van der Waals surface area contributed by atoms with Crippen molar-refractivity contribution in [2.75, 3.05) is 27.2 Å². The average molecular weight is 478 g/mol. The van der Waals surface area contributed by atoms with Gasteiger partial charge in [-0.25, -0.2) is 4.99 Å². The van der Waals surface area contributed by atoms with E-state index in [4.69, 9.17) is 9.73 Å². The molecule has 4 nitrogen and oxygen atoms in total. The van der Waals surface area contributed by atoms with Gasteiger partial charge in [0, 0.05) is 7.05 Å². The lowest BCUT2D eigenvalue weighted by molar-refractivity contribution is 0.314. The number of piperidine rings is 1.